The van der Waals surface area contributed by atoms with Crippen molar-refractivity contribution in [2.24, 2.45) is 23.7 Å². The fourth-order valence-electron chi connectivity index (χ4n) is 5.87. The molecule has 4 aliphatic rings. The van der Waals surface area contributed by atoms with Gasteiger partial charge in [0.05, 0.1) is 11.8 Å². The van der Waals surface area contributed by atoms with E-state index in [2.05, 4.69) is 25.6 Å². The maximum Gasteiger partial charge on any atom is 0.343 e. The molecule has 1 aromatic carbocycles. The van der Waals surface area contributed by atoms with Crippen molar-refractivity contribution in [3.63, 3.8) is 0 Å². The summed E-state index contributed by atoms with van der Waals surface area (Å²) in [5.74, 6) is 3.05. The molecule has 0 aliphatic heterocycles. The number of hydrogen-bond donors (Lipinski definition) is 0. The van der Waals surface area contributed by atoms with E-state index in [1.807, 2.05) is 12.1 Å². The molecule has 2 nitrogen and oxygen atoms in total. The van der Waals surface area contributed by atoms with Gasteiger partial charge < -0.3 is 4.74 Å². The largest absolute Gasteiger partial charge is 0.432 e. The molecule has 4 bridgehead atoms. The Morgan fingerprint density at radius 3 is 2.32 bits per heavy atom. The van der Waals surface area contributed by atoms with Gasteiger partial charge in [0, 0.05) is 0 Å². The molecule has 4 saturated carbocycles. The van der Waals surface area contributed by atoms with E-state index < -0.39 is 0 Å². The van der Waals surface area contributed by atoms with Crippen LogP contribution in [0.1, 0.15) is 54.9 Å². The average Bonchev–Trinajstić information content (AvgIpc) is 2.52. The van der Waals surface area contributed by atoms with E-state index >= 15 is 0 Å². The lowest BCUT2D eigenvalue weighted by Crippen LogP contribution is -2.54. The minimum Gasteiger partial charge on any atom is -0.432 e. The van der Waals surface area contributed by atoms with Crippen LogP contribution in [0.3, 0.4) is 0 Å². The van der Waals surface area contributed by atoms with E-state index in [4.69, 9.17) is 4.74 Å². The lowest BCUT2D eigenvalue weighted by molar-refractivity contribution is -0.0526. The van der Waals surface area contributed by atoms with Crippen molar-refractivity contribution in [1.29, 1.82) is 0 Å². The molecule has 1 aromatic rings. The van der Waals surface area contributed by atoms with Crippen LogP contribution in [0.15, 0.2) is 37.1 Å². The highest BCUT2D eigenvalue weighted by molar-refractivity contribution is 5.92. The van der Waals surface area contributed by atoms with Gasteiger partial charge in [0.25, 0.3) is 0 Å². The number of carbonyl (C=O) groups is 1. The second kappa shape index (κ2) is 4.97. The lowest BCUT2D eigenvalue weighted by Gasteiger charge is -2.60. The van der Waals surface area contributed by atoms with Crippen molar-refractivity contribution in [1.82, 2.24) is 0 Å². The Morgan fingerprint density at radius 2 is 1.73 bits per heavy atom. The first-order valence-electron chi connectivity index (χ1n) is 8.54. The molecule has 0 atom stereocenters. The molecular formula is C20H24O2. The summed E-state index contributed by atoms with van der Waals surface area (Å²) in [5, 5.41) is 0. The van der Waals surface area contributed by atoms with Gasteiger partial charge >= 0.3 is 5.97 Å². The minimum absolute atomic E-state index is 0.129. The predicted octanol–water partition coefficient (Wildman–Crippen LogP) is 4.70. The molecule has 0 N–H and O–H groups in total. The summed E-state index contributed by atoms with van der Waals surface area (Å²) in [4.78, 5) is 12.3. The maximum absolute atomic E-state index is 12.3. The van der Waals surface area contributed by atoms with E-state index in [9.17, 15) is 4.79 Å². The van der Waals surface area contributed by atoms with E-state index in [0.717, 1.165) is 29.2 Å². The first-order valence-corrected chi connectivity index (χ1v) is 8.54. The summed E-state index contributed by atoms with van der Waals surface area (Å²) in [6.07, 6.45) is 8.05. The van der Waals surface area contributed by atoms with Gasteiger partial charge in [0.1, 0.15) is 0 Å². The van der Waals surface area contributed by atoms with Gasteiger partial charge in [0.2, 0.25) is 0 Å². The third-order valence-corrected chi connectivity index (χ3v) is 6.75. The molecule has 22 heavy (non-hydrogen) atoms. The number of ether oxygens (including phenoxy) is 1. The molecule has 0 spiro atoms. The maximum atomic E-state index is 12.3. The van der Waals surface area contributed by atoms with Crippen molar-refractivity contribution in [2.75, 3.05) is 0 Å². The fraction of sp³-hybridized carbons (Fsp3) is 0.550. The summed E-state index contributed by atoms with van der Waals surface area (Å²) in [6, 6.07) is 8.07. The monoisotopic (exact) mass is 296 g/mol. The molecule has 0 heterocycles. The molecule has 0 radical (unpaired) electrons. The van der Waals surface area contributed by atoms with Crippen LogP contribution in [0.25, 0.3) is 0 Å². The highest BCUT2D eigenvalue weighted by Crippen LogP contribution is 2.63. The van der Waals surface area contributed by atoms with Crippen molar-refractivity contribution in [2.45, 2.75) is 44.4 Å². The van der Waals surface area contributed by atoms with Crippen molar-refractivity contribution < 1.29 is 9.53 Å². The number of esters is 1. The van der Waals surface area contributed by atoms with Crippen molar-refractivity contribution in [3.05, 3.63) is 48.2 Å². The van der Waals surface area contributed by atoms with Crippen LogP contribution in [-0.4, -0.2) is 5.97 Å². The Kier molecular flexibility index (Phi) is 3.18. The van der Waals surface area contributed by atoms with Crippen LogP contribution < -0.4 is 0 Å². The number of carbonyl (C=O) groups excluding carboxylic acids is 1. The molecule has 116 valence electrons. The lowest BCUT2D eigenvalue weighted by atomic mass is 9.44. The van der Waals surface area contributed by atoms with Crippen LogP contribution in [0, 0.1) is 23.7 Å². The Balaban J connectivity index is 1.78. The smallest absolute Gasteiger partial charge is 0.343 e. The molecule has 2 heteroatoms. The zero-order valence-electron chi connectivity index (χ0n) is 13.3. The van der Waals surface area contributed by atoms with Gasteiger partial charge in [-0.1, -0.05) is 31.7 Å². The van der Waals surface area contributed by atoms with E-state index in [-0.39, 0.29) is 11.4 Å². The highest BCUT2D eigenvalue weighted by atomic mass is 16.5. The fourth-order valence-corrected chi connectivity index (χ4v) is 5.87. The molecule has 5 rings (SSSR count). The third kappa shape index (κ3) is 1.89. The second-order valence-corrected chi connectivity index (χ2v) is 7.70. The van der Waals surface area contributed by atoms with E-state index in [1.165, 1.54) is 43.9 Å². The third-order valence-electron chi connectivity index (χ3n) is 6.75. The topological polar surface area (TPSA) is 26.3 Å². The van der Waals surface area contributed by atoms with Gasteiger partial charge in [-0.15, -0.1) is 0 Å². The SMILES string of the molecule is C=COC(=O)c1ccccc1C1(C)C2CC3CC(C2)CC1C3. The summed E-state index contributed by atoms with van der Waals surface area (Å²) < 4.78 is 5.08. The van der Waals surface area contributed by atoms with Crippen LogP contribution in [0.4, 0.5) is 0 Å². The molecule has 0 aromatic heterocycles. The van der Waals surface area contributed by atoms with Gasteiger partial charge in [-0.2, -0.15) is 0 Å². The average molecular weight is 296 g/mol. The molecule has 0 unspecified atom stereocenters. The first kappa shape index (κ1) is 14.0. The molecule has 0 amide bonds. The Hall–Kier alpha value is -1.57. The van der Waals surface area contributed by atoms with Gasteiger partial charge in [0.15, 0.2) is 0 Å². The van der Waals surface area contributed by atoms with Gasteiger partial charge in [-0.25, -0.2) is 4.79 Å². The van der Waals surface area contributed by atoms with Crippen molar-refractivity contribution in [3.8, 4) is 0 Å². The zero-order chi connectivity index (χ0) is 15.3. The van der Waals surface area contributed by atoms with Crippen LogP contribution in [0.2, 0.25) is 0 Å². The summed E-state index contributed by atoms with van der Waals surface area (Å²) in [7, 11) is 0. The quantitative estimate of drug-likeness (QED) is 0.597. The van der Waals surface area contributed by atoms with E-state index in [1.54, 1.807) is 0 Å². The van der Waals surface area contributed by atoms with Crippen LogP contribution in [0.5, 0.6) is 0 Å². The predicted molar refractivity (Wildman–Crippen MR) is 86.5 cm³/mol. The van der Waals surface area contributed by atoms with Crippen LogP contribution >= 0.6 is 0 Å². The van der Waals surface area contributed by atoms with Gasteiger partial charge in [-0.05, 0) is 72.8 Å². The molecule has 4 fully saturated rings. The Labute approximate surface area is 132 Å². The number of benzene rings is 1. The second-order valence-electron chi connectivity index (χ2n) is 7.70. The number of hydrogen-bond acceptors (Lipinski definition) is 2. The minimum atomic E-state index is -0.263. The number of rotatable bonds is 3. The molecule has 4 aliphatic carbocycles. The van der Waals surface area contributed by atoms with E-state index in [0.29, 0.717) is 0 Å². The van der Waals surface area contributed by atoms with Gasteiger partial charge in [-0.3, -0.25) is 0 Å². The Morgan fingerprint density at radius 1 is 1.14 bits per heavy atom. The standard InChI is InChI=1S/C20H24O2/c1-3-22-19(21)17-6-4-5-7-18(17)20(2)15-9-13-8-14(11-15)12-16(20)10-13/h3-7,13-16H,1,8-12H2,2H3. The van der Waals surface area contributed by atoms with Crippen molar-refractivity contribution >= 4 is 5.97 Å². The summed E-state index contributed by atoms with van der Waals surface area (Å²) in [6.45, 7) is 5.92. The normalized spacial score (nSPS) is 38.8. The van der Waals surface area contributed by atoms with Crippen LogP contribution in [-0.2, 0) is 10.2 Å². The molecular weight excluding hydrogens is 272 g/mol. The first-order chi connectivity index (χ1) is 10.6. The highest BCUT2D eigenvalue weighted by Gasteiger charge is 2.56. The summed E-state index contributed by atoms with van der Waals surface area (Å²) >= 11 is 0. The molecule has 0 saturated heterocycles. The Bertz CT molecular complexity index is 588. The zero-order valence-corrected chi connectivity index (χ0v) is 13.3. The summed E-state index contributed by atoms with van der Waals surface area (Å²) in [5.41, 5.74) is 2.07.